The minimum atomic E-state index is -0.477. The van der Waals surface area contributed by atoms with E-state index in [-0.39, 0.29) is 29.8 Å². The van der Waals surface area contributed by atoms with Crippen LogP contribution in [0, 0.1) is 0 Å². The monoisotopic (exact) mass is 732 g/mol. The molecule has 0 spiro atoms. The minimum Gasteiger partial charge on any atom is -0.370 e. The first-order valence-corrected chi connectivity index (χ1v) is 20.6. The first-order valence-electron chi connectivity index (χ1n) is 20.6. The number of hydrogen-bond acceptors (Lipinski definition) is 5. The van der Waals surface area contributed by atoms with Gasteiger partial charge in [-0.25, -0.2) is 4.68 Å². The van der Waals surface area contributed by atoms with Crippen LogP contribution in [-0.2, 0) is 33.8 Å². The molecule has 0 bridgehead atoms. The Balaban J connectivity index is 0.742. The lowest BCUT2D eigenvalue weighted by Crippen LogP contribution is -2.32. The highest BCUT2D eigenvalue weighted by Gasteiger charge is 2.78. The third kappa shape index (κ3) is 5.92. The topological polar surface area (TPSA) is 97.1 Å². The SMILES string of the molecule is C[C@]12c3ccccc3[C@@H]3N1C3(CCCCCCCCCCCCn1nnc3c1-c1ccccc1CN(C(=O)CCC(N)=O)c1ccccc1-3)c1ccccc12. The summed E-state index contributed by atoms with van der Waals surface area (Å²) in [6, 6.07) is 35.1. The van der Waals surface area contributed by atoms with Crippen molar-refractivity contribution in [2.75, 3.05) is 4.90 Å². The number of amides is 2. The molecule has 1 fully saturated rings. The number of rotatable bonds is 16. The van der Waals surface area contributed by atoms with Gasteiger partial charge in [0.1, 0.15) is 5.69 Å². The highest BCUT2D eigenvalue weighted by molar-refractivity contribution is 6.01. The zero-order valence-electron chi connectivity index (χ0n) is 32.1. The van der Waals surface area contributed by atoms with Crippen molar-refractivity contribution in [2.45, 2.75) is 121 Å². The van der Waals surface area contributed by atoms with Gasteiger partial charge >= 0.3 is 0 Å². The third-order valence-corrected chi connectivity index (χ3v) is 13.1. The van der Waals surface area contributed by atoms with Crippen LogP contribution in [0.15, 0.2) is 97.1 Å². The Morgan fingerprint density at radius 2 is 1.33 bits per heavy atom. The molecule has 2 unspecified atom stereocenters. The van der Waals surface area contributed by atoms with E-state index < -0.39 is 5.91 Å². The average molecular weight is 733 g/mol. The zero-order valence-corrected chi connectivity index (χ0v) is 32.1. The number of benzene rings is 4. The van der Waals surface area contributed by atoms with Crippen LogP contribution >= 0.6 is 0 Å². The summed E-state index contributed by atoms with van der Waals surface area (Å²) in [4.78, 5) is 29.5. The maximum absolute atomic E-state index is 13.4. The molecule has 8 nitrogen and oxygen atoms in total. The molecule has 1 saturated heterocycles. The van der Waals surface area contributed by atoms with Gasteiger partial charge in [-0.2, -0.15) is 0 Å². The van der Waals surface area contributed by atoms with Crippen molar-refractivity contribution < 1.29 is 9.59 Å². The van der Waals surface area contributed by atoms with Crippen molar-refractivity contribution in [3.63, 3.8) is 0 Å². The zero-order chi connectivity index (χ0) is 37.6. The van der Waals surface area contributed by atoms with Crippen molar-refractivity contribution in [1.29, 1.82) is 0 Å². The Labute approximate surface area is 324 Å². The highest BCUT2D eigenvalue weighted by atomic mass is 16.2. The number of unbranched alkanes of at least 4 members (excludes halogenated alkanes) is 9. The van der Waals surface area contributed by atoms with E-state index in [1.54, 1.807) is 16.0 Å². The van der Waals surface area contributed by atoms with E-state index in [0.29, 0.717) is 12.6 Å². The molecule has 4 aromatic carbocycles. The fourth-order valence-electron chi connectivity index (χ4n) is 10.6. The molecule has 4 aliphatic rings. The molecule has 4 aliphatic heterocycles. The molecular weight excluding hydrogens is 681 g/mol. The standard InChI is InChI=1S/C47H52N6O2/c1-46-37-24-14-12-22-35(37)45-47(53(45)46,39-26-16-15-25-38(39)46)30-18-8-6-4-2-3-5-7-9-19-31-52-44-34-21-11-10-20-33(34)32-51(42(55)29-28-41(48)54)40-27-17-13-23-36(40)43(44)49-50-52/h10-17,20-27,45H,2-9,18-19,28-32H2,1H3,(H2,48,54)/t45-,46+,47?,53?/m0/s1. The van der Waals surface area contributed by atoms with Gasteiger partial charge < -0.3 is 10.6 Å². The van der Waals surface area contributed by atoms with Crippen LogP contribution in [0.4, 0.5) is 5.69 Å². The van der Waals surface area contributed by atoms with Gasteiger partial charge in [0, 0.05) is 30.5 Å². The number of nitrogens with two attached hydrogens (primary N) is 1. The molecule has 9 rings (SSSR count). The number of aromatic nitrogens is 3. The first-order chi connectivity index (χ1) is 26.9. The number of carbonyl (C=O) groups is 2. The summed E-state index contributed by atoms with van der Waals surface area (Å²) < 4.78 is 2.06. The Kier molecular flexibility index (Phi) is 9.41. The lowest BCUT2D eigenvalue weighted by molar-refractivity contribution is -0.123. The summed E-state index contributed by atoms with van der Waals surface area (Å²) in [7, 11) is 0. The van der Waals surface area contributed by atoms with Crippen molar-refractivity contribution in [1.82, 2.24) is 19.9 Å². The average Bonchev–Trinajstić information content (AvgIpc) is 3.47. The summed E-state index contributed by atoms with van der Waals surface area (Å²) in [6.07, 6.45) is 14.0. The Morgan fingerprint density at radius 1 is 0.709 bits per heavy atom. The normalized spacial score (nSPS) is 22.1. The van der Waals surface area contributed by atoms with Gasteiger partial charge in [0.2, 0.25) is 11.8 Å². The lowest BCUT2D eigenvalue weighted by atomic mass is 9.85. The van der Waals surface area contributed by atoms with Gasteiger partial charge in [0.05, 0.1) is 35.0 Å². The number of carbonyl (C=O) groups excluding carboxylic acids is 2. The largest absolute Gasteiger partial charge is 0.370 e. The molecule has 0 radical (unpaired) electrons. The van der Waals surface area contributed by atoms with E-state index in [2.05, 4.69) is 82.4 Å². The molecular formula is C47H52N6O2. The predicted octanol–water partition coefficient (Wildman–Crippen LogP) is 9.56. The maximum atomic E-state index is 13.4. The maximum Gasteiger partial charge on any atom is 0.227 e. The van der Waals surface area contributed by atoms with Crippen molar-refractivity contribution in [3.05, 3.63) is 125 Å². The van der Waals surface area contributed by atoms with Crippen LogP contribution < -0.4 is 10.6 Å². The second-order valence-corrected chi connectivity index (χ2v) is 16.3. The Bertz CT molecular complexity index is 2240. The van der Waals surface area contributed by atoms with Crippen molar-refractivity contribution >= 4 is 17.5 Å². The molecule has 4 atom stereocenters. The molecule has 2 N–H and O–H groups in total. The summed E-state index contributed by atoms with van der Waals surface area (Å²) in [6.45, 7) is 3.66. The number of fused-ring (bicyclic) bond motifs is 12. The van der Waals surface area contributed by atoms with Crippen LogP contribution in [0.2, 0.25) is 0 Å². The minimum absolute atomic E-state index is 0.0205. The van der Waals surface area contributed by atoms with E-state index in [0.717, 1.165) is 53.2 Å². The van der Waals surface area contributed by atoms with E-state index >= 15 is 0 Å². The fraction of sp³-hybridized carbons (Fsp3) is 0.404. The molecule has 0 saturated carbocycles. The van der Waals surface area contributed by atoms with Crippen LogP contribution in [0.25, 0.3) is 22.5 Å². The van der Waals surface area contributed by atoms with Crippen LogP contribution in [-0.4, -0.2) is 31.7 Å². The number of hydrogen-bond donors (Lipinski definition) is 1. The summed E-state index contributed by atoms with van der Waals surface area (Å²) in [5.41, 5.74) is 17.3. The van der Waals surface area contributed by atoms with Gasteiger partial charge in [-0.1, -0.05) is 154 Å². The number of aryl methyl sites for hydroxylation is 1. The molecule has 2 amide bonds. The van der Waals surface area contributed by atoms with Gasteiger partial charge in [0.25, 0.3) is 0 Å². The molecule has 5 aromatic rings. The summed E-state index contributed by atoms with van der Waals surface area (Å²) in [5, 5.41) is 9.35. The number of nitrogens with zero attached hydrogens (tertiary/aromatic N) is 5. The number of para-hydroxylation sites is 1. The third-order valence-electron chi connectivity index (χ3n) is 13.1. The highest BCUT2D eigenvalue weighted by Crippen LogP contribution is 2.79. The van der Waals surface area contributed by atoms with Gasteiger partial charge in [0.15, 0.2) is 0 Å². The lowest BCUT2D eigenvalue weighted by Gasteiger charge is -2.28. The van der Waals surface area contributed by atoms with Crippen LogP contribution in [0.3, 0.4) is 0 Å². The van der Waals surface area contributed by atoms with E-state index in [9.17, 15) is 9.59 Å². The first kappa shape index (κ1) is 35.6. The number of primary amides is 1. The molecule has 5 heterocycles. The molecule has 282 valence electrons. The van der Waals surface area contributed by atoms with E-state index in [1.807, 2.05) is 36.4 Å². The smallest absolute Gasteiger partial charge is 0.227 e. The quantitative estimate of drug-likeness (QED) is 0.0805. The second-order valence-electron chi connectivity index (χ2n) is 16.3. The summed E-state index contributed by atoms with van der Waals surface area (Å²) in [5.74, 6) is -0.612. The molecule has 0 aliphatic carbocycles. The van der Waals surface area contributed by atoms with E-state index in [1.165, 1.54) is 68.9 Å². The van der Waals surface area contributed by atoms with Gasteiger partial charge in [-0.3, -0.25) is 14.5 Å². The van der Waals surface area contributed by atoms with Crippen LogP contribution in [0.5, 0.6) is 0 Å². The predicted molar refractivity (Wildman–Crippen MR) is 217 cm³/mol. The van der Waals surface area contributed by atoms with Crippen LogP contribution in [0.1, 0.15) is 124 Å². The van der Waals surface area contributed by atoms with Crippen molar-refractivity contribution in [3.8, 4) is 22.5 Å². The fourth-order valence-corrected chi connectivity index (χ4v) is 10.6. The second kappa shape index (κ2) is 14.5. The van der Waals surface area contributed by atoms with Crippen molar-refractivity contribution in [2.24, 2.45) is 5.73 Å². The molecule has 1 aromatic heterocycles. The summed E-state index contributed by atoms with van der Waals surface area (Å²) >= 11 is 0. The van der Waals surface area contributed by atoms with Gasteiger partial charge in [-0.05, 0) is 53.6 Å². The molecule has 55 heavy (non-hydrogen) atoms. The van der Waals surface area contributed by atoms with E-state index in [4.69, 9.17) is 10.8 Å². The number of anilines is 1. The molecule has 8 heteroatoms. The Morgan fingerprint density at radius 3 is 2.09 bits per heavy atom. The Hall–Kier alpha value is -5.08. The van der Waals surface area contributed by atoms with Gasteiger partial charge in [-0.15, -0.1) is 5.10 Å².